The number of benzene rings is 2. The Morgan fingerprint density at radius 2 is 1.55 bits per heavy atom. The minimum absolute atomic E-state index is 0.0429. The third-order valence-electron chi connectivity index (χ3n) is 5.19. The summed E-state index contributed by atoms with van der Waals surface area (Å²) in [7, 11) is -3.54. The lowest BCUT2D eigenvalue weighted by Gasteiger charge is -2.15. The van der Waals surface area contributed by atoms with E-state index in [2.05, 4.69) is 5.32 Å². The molecule has 1 amide bonds. The zero-order valence-corrected chi connectivity index (χ0v) is 19.5. The Morgan fingerprint density at radius 1 is 0.939 bits per heavy atom. The van der Waals surface area contributed by atoms with Gasteiger partial charge in [0.2, 0.25) is 10.0 Å². The molecule has 0 spiro atoms. The van der Waals surface area contributed by atoms with Crippen LogP contribution in [-0.2, 0) is 19.6 Å². The van der Waals surface area contributed by atoms with Gasteiger partial charge >= 0.3 is 5.97 Å². The third kappa shape index (κ3) is 6.86. The molecule has 0 aliphatic carbocycles. The molecule has 0 aromatic heterocycles. The first kappa shape index (κ1) is 24.9. The Bertz CT molecular complexity index is 1090. The standard InChI is InChI=1S/C23H25ClN2O6S/c24-19-9-5-18(6-10-19)23(29)25-13-3-4-22(28)32-16-21(27)17-7-11-20(12-8-17)33(30,31)26-14-1-2-15-26/h5-12H,1-4,13-16H2,(H,25,29). The van der Waals surface area contributed by atoms with E-state index in [9.17, 15) is 22.8 Å². The highest BCUT2D eigenvalue weighted by molar-refractivity contribution is 7.89. The number of ketones is 1. The number of carbonyl (C=O) groups is 3. The smallest absolute Gasteiger partial charge is 0.306 e. The van der Waals surface area contributed by atoms with Crippen LogP contribution in [0.4, 0.5) is 0 Å². The highest BCUT2D eigenvalue weighted by atomic mass is 35.5. The van der Waals surface area contributed by atoms with Crippen LogP contribution in [0.1, 0.15) is 46.4 Å². The number of rotatable bonds is 10. The van der Waals surface area contributed by atoms with Gasteiger partial charge in [-0.05, 0) is 67.8 Å². The lowest BCUT2D eigenvalue weighted by atomic mass is 10.1. The van der Waals surface area contributed by atoms with Crippen LogP contribution in [0.2, 0.25) is 5.02 Å². The van der Waals surface area contributed by atoms with Crippen molar-refractivity contribution in [1.82, 2.24) is 9.62 Å². The van der Waals surface area contributed by atoms with Crippen LogP contribution in [0.15, 0.2) is 53.4 Å². The average Bonchev–Trinajstić information content (AvgIpc) is 3.37. The monoisotopic (exact) mass is 492 g/mol. The minimum Gasteiger partial charge on any atom is -0.457 e. The van der Waals surface area contributed by atoms with E-state index in [-0.39, 0.29) is 29.3 Å². The van der Waals surface area contributed by atoms with Crippen LogP contribution < -0.4 is 5.32 Å². The Kier molecular flexibility index (Phi) is 8.60. The molecule has 1 saturated heterocycles. The first-order chi connectivity index (χ1) is 15.8. The maximum absolute atomic E-state index is 12.5. The molecule has 1 heterocycles. The average molecular weight is 493 g/mol. The molecule has 8 nitrogen and oxygen atoms in total. The molecule has 2 aromatic rings. The molecule has 1 aliphatic heterocycles. The number of hydrogen-bond acceptors (Lipinski definition) is 6. The molecule has 0 bridgehead atoms. The third-order valence-corrected chi connectivity index (χ3v) is 7.36. The summed E-state index contributed by atoms with van der Waals surface area (Å²) in [4.78, 5) is 36.3. The van der Waals surface area contributed by atoms with Gasteiger partial charge in [-0.1, -0.05) is 11.6 Å². The van der Waals surface area contributed by atoms with Crippen molar-refractivity contribution >= 4 is 39.3 Å². The van der Waals surface area contributed by atoms with Crippen LogP contribution in [-0.4, -0.2) is 56.6 Å². The topological polar surface area (TPSA) is 110 Å². The molecule has 1 fully saturated rings. The molecular weight excluding hydrogens is 468 g/mol. The number of hydrogen-bond donors (Lipinski definition) is 1. The van der Waals surface area contributed by atoms with E-state index in [4.69, 9.17) is 16.3 Å². The summed E-state index contributed by atoms with van der Waals surface area (Å²) in [6.45, 7) is 0.846. The number of carbonyl (C=O) groups excluding carboxylic acids is 3. The molecule has 1 N–H and O–H groups in total. The first-order valence-electron chi connectivity index (χ1n) is 10.6. The van der Waals surface area contributed by atoms with Crippen LogP contribution in [0.25, 0.3) is 0 Å². The summed E-state index contributed by atoms with van der Waals surface area (Å²) in [5, 5.41) is 3.23. The van der Waals surface area contributed by atoms with Gasteiger partial charge in [-0.3, -0.25) is 14.4 Å². The van der Waals surface area contributed by atoms with Gasteiger partial charge in [-0.25, -0.2) is 8.42 Å². The summed E-state index contributed by atoms with van der Waals surface area (Å²) in [5.74, 6) is -1.26. The lowest BCUT2D eigenvalue weighted by Crippen LogP contribution is -2.27. The van der Waals surface area contributed by atoms with Gasteiger partial charge in [0.05, 0.1) is 4.90 Å². The second-order valence-electron chi connectivity index (χ2n) is 7.59. The zero-order chi connectivity index (χ0) is 23.8. The quantitative estimate of drug-likeness (QED) is 0.310. The Labute approximate surface area is 197 Å². The molecule has 0 saturated carbocycles. The first-order valence-corrected chi connectivity index (χ1v) is 12.4. The van der Waals surface area contributed by atoms with Gasteiger partial charge < -0.3 is 10.1 Å². The molecule has 2 aromatic carbocycles. The second-order valence-corrected chi connectivity index (χ2v) is 9.96. The molecule has 10 heteroatoms. The van der Waals surface area contributed by atoms with Crippen molar-refractivity contribution in [2.24, 2.45) is 0 Å². The van der Waals surface area contributed by atoms with Gasteiger partial charge in [0.15, 0.2) is 12.4 Å². The zero-order valence-electron chi connectivity index (χ0n) is 18.0. The lowest BCUT2D eigenvalue weighted by molar-refractivity contribution is -0.142. The van der Waals surface area contributed by atoms with Crippen molar-refractivity contribution in [3.8, 4) is 0 Å². The van der Waals surface area contributed by atoms with Crippen molar-refractivity contribution in [3.05, 3.63) is 64.7 Å². The predicted molar refractivity (Wildman–Crippen MR) is 123 cm³/mol. The highest BCUT2D eigenvalue weighted by Gasteiger charge is 2.27. The molecule has 176 valence electrons. The van der Waals surface area contributed by atoms with E-state index in [0.717, 1.165) is 12.8 Å². The summed E-state index contributed by atoms with van der Waals surface area (Å²) in [6, 6.07) is 12.1. The number of Topliss-reactive ketones (excluding diaryl/α,β-unsaturated/α-hetero) is 1. The SMILES string of the molecule is O=C(CCCNC(=O)c1ccc(Cl)cc1)OCC(=O)c1ccc(S(=O)(=O)N2CCCC2)cc1. The molecule has 3 rings (SSSR count). The van der Waals surface area contributed by atoms with Gasteiger partial charge in [0.1, 0.15) is 0 Å². The fraction of sp³-hybridized carbons (Fsp3) is 0.348. The van der Waals surface area contributed by atoms with Crippen LogP contribution in [0.3, 0.4) is 0 Å². The number of sulfonamides is 1. The van der Waals surface area contributed by atoms with Crippen LogP contribution in [0.5, 0.6) is 0 Å². The van der Waals surface area contributed by atoms with Gasteiger partial charge in [0.25, 0.3) is 5.91 Å². The Balaban J connectivity index is 1.38. The van der Waals surface area contributed by atoms with Gasteiger partial charge in [-0.15, -0.1) is 0 Å². The number of esters is 1. The number of amides is 1. The van der Waals surface area contributed by atoms with E-state index >= 15 is 0 Å². The Hall–Kier alpha value is -2.75. The molecule has 33 heavy (non-hydrogen) atoms. The van der Waals surface area contributed by atoms with E-state index in [1.165, 1.54) is 28.6 Å². The minimum atomic E-state index is -3.54. The van der Waals surface area contributed by atoms with Crippen molar-refractivity contribution in [1.29, 1.82) is 0 Å². The maximum atomic E-state index is 12.5. The number of halogens is 1. The molecule has 1 aliphatic rings. The summed E-state index contributed by atoms with van der Waals surface area (Å²) in [5.41, 5.74) is 0.727. The van der Waals surface area contributed by atoms with E-state index in [1.54, 1.807) is 24.3 Å². The fourth-order valence-electron chi connectivity index (χ4n) is 3.33. The highest BCUT2D eigenvalue weighted by Crippen LogP contribution is 2.21. The number of ether oxygens (including phenoxy) is 1. The summed E-state index contributed by atoms with van der Waals surface area (Å²) >= 11 is 5.79. The van der Waals surface area contributed by atoms with Crippen LogP contribution in [0, 0.1) is 0 Å². The molecular formula is C23H25ClN2O6S. The predicted octanol–water partition coefficient (Wildman–Crippen LogP) is 3.06. The van der Waals surface area contributed by atoms with Crippen molar-refractivity contribution in [2.75, 3.05) is 26.2 Å². The molecule has 0 unspecified atom stereocenters. The van der Waals surface area contributed by atoms with E-state index in [1.807, 2.05) is 0 Å². The van der Waals surface area contributed by atoms with E-state index in [0.29, 0.717) is 30.1 Å². The van der Waals surface area contributed by atoms with Gasteiger partial charge in [0, 0.05) is 42.2 Å². The Morgan fingerprint density at radius 3 is 2.18 bits per heavy atom. The molecule has 0 atom stereocenters. The van der Waals surface area contributed by atoms with Gasteiger partial charge in [-0.2, -0.15) is 4.31 Å². The summed E-state index contributed by atoms with van der Waals surface area (Å²) in [6.07, 6.45) is 2.09. The fourth-order valence-corrected chi connectivity index (χ4v) is 4.97. The summed E-state index contributed by atoms with van der Waals surface area (Å²) < 4.78 is 31.5. The second kappa shape index (κ2) is 11.4. The normalized spacial score (nSPS) is 14.1. The molecule has 0 radical (unpaired) electrons. The van der Waals surface area contributed by atoms with Crippen molar-refractivity contribution < 1.29 is 27.5 Å². The number of nitrogens with one attached hydrogen (secondary N) is 1. The van der Waals surface area contributed by atoms with E-state index < -0.39 is 28.4 Å². The largest absolute Gasteiger partial charge is 0.457 e. The van der Waals surface area contributed by atoms with Crippen LogP contribution >= 0.6 is 11.6 Å². The van der Waals surface area contributed by atoms with Crippen molar-refractivity contribution in [3.63, 3.8) is 0 Å². The van der Waals surface area contributed by atoms with Crippen molar-refractivity contribution in [2.45, 2.75) is 30.6 Å². The number of nitrogens with zero attached hydrogens (tertiary/aromatic N) is 1. The maximum Gasteiger partial charge on any atom is 0.306 e.